The second-order valence-electron chi connectivity index (χ2n) is 5.56. The van der Waals surface area contributed by atoms with E-state index in [2.05, 4.69) is 10.6 Å². The Balaban J connectivity index is 1.90. The van der Waals surface area contributed by atoms with E-state index in [1.807, 2.05) is 12.1 Å². The summed E-state index contributed by atoms with van der Waals surface area (Å²) in [4.78, 5) is 4.73. The van der Waals surface area contributed by atoms with E-state index >= 15 is 0 Å². The van der Waals surface area contributed by atoms with Crippen LogP contribution in [0.5, 0.6) is 5.75 Å². The molecule has 1 aromatic heterocycles. The van der Waals surface area contributed by atoms with E-state index in [0.717, 1.165) is 36.0 Å². The van der Waals surface area contributed by atoms with Crippen LogP contribution in [0.4, 0.5) is 0 Å². The van der Waals surface area contributed by atoms with Crippen LogP contribution in [0.2, 0.25) is 0 Å². The van der Waals surface area contributed by atoms with Crippen molar-refractivity contribution in [3.05, 3.63) is 24.0 Å². The lowest BCUT2D eigenvalue weighted by molar-refractivity contribution is 0.282. The predicted molar refractivity (Wildman–Crippen MR) is 82.7 cm³/mol. The maximum atomic E-state index is 5.92. The average Bonchev–Trinajstić information content (AvgIpc) is 2.74. The third-order valence-corrected chi connectivity index (χ3v) is 4.53. The molecule has 1 aliphatic rings. The Morgan fingerprint density at radius 1 is 1.40 bits per heavy atom. The van der Waals surface area contributed by atoms with Gasteiger partial charge in [-0.15, -0.1) is 11.6 Å². The lowest BCUT2D eigenvalue weighted by atomic mass is 9.83. The summed E-state index contributed by atoms with van der Waals surface area (Å²) in [7, 11) is 1.69. The highest BCUT2D eigenvalue weighted by atomic mass is 35.5. The van der Waals surface area contributed by atoms with Crippen LogP contribution in [0.3, 0.4) is 0 Å². The molecule has 2 aromatic rings. The highest BCUT2D eigenvalue weighted by Gasteiger charge is 2.18. The Morgan fingerprint density at radius 2 is 2.25 bits per heavy atom. The molecule has 0 aliphatic heterocycles. The molecule has 0 bridgehead atoms. The minimum atomic E-state index is 0.615. The number of aryl methyl sites for hydroxylation is 2. The van der Waals surface area contributed by atoms with Crippen molar-refractivity contribution in [2.75, 3.05) is 13.0 Å². The second-order valence-corrected chi connectivity index (χ2v) is 5.94. The number of nitrogens with zero attached hydrogens (tertiary/aromatic N) is 2. The van der Waals surface area contributed by atoms with Gasteiger partial charge in [0.05, 0.1) is 18.1 Å². The number of alkyl halides is 1. The second kappa shape index (κ2) is 6.04. The lowest BCUT2D eigenvalue weighted by Gasteiger charge is -2.25. The van der Waals surface area contributed by atoms with Gasteiger partial charge in [0.2, 0.25) is 0 Å². The first kappa shape index (κ1) is 13.7. The Hall–Kier alpha value is -1.22. The van der Waals surface area contributed by atoms with Gasteiger partial charge in [-0.3, -0.25) is 0 Å². The van der Waals surface area contributed by atoms with Crippen LogP contribution < -0.4 is 4.74 Å². The van der Waals surface area contributed by atoms with Gasteiger partial charge in [0.15, 0.2) is 0 Å². The quantitative estimate of drug-likeness (QED) is 0.752. The molecule has 0 saturated heterocycles. The molecular formula is C16H21ClN2O. The van der Waals surface area contributed by atoms with Crippen LogP contribution in [-0.4, -0.2) is 22.5 Å². The molecule has 1 fully saturated rings. The number of ether oxygens (including phenoxy) is 1. The van der Waals surface area contributed by atoms with Gasteiger partial charge in [0, 0.05) is 24.9 Å². The molecule has 4 heteroatoms. The number of benzene rings is 1. The van der Waals surface area contributed by atoms with Crippen molar-refractivity contribution in [1.29, 1.82) is 0 Å². The van der Waals surface area contributed by atoms with Crippen LogP contribution in [0.25, 0.3) is 11.0 Å². The van der Waals surface area contributed by atoms with Crippen LogP contribution in [-0.2, 0) is 13.0 Å². The SMILES string of the molecule is COc1ccc2c(c1)nc(CCCl)n2CCC1CCC1. The van der Waals surface area contributed by atoms with E-state index < -0.39 is 0 Å². The number of hydrogen-bond donors (Lipinski definition) is 0. The van der Waals surface area contributed by atoms with Crippen LogP contribution in [0, 0.1) is 5.92 Å². The van der Waals surface area contributed by atoms with Gasteiger partial charge >= 0.3 is 0 Å². The number of imidazole rings is 1. The first-order chi connectivity index (χ1) is 9.81. The monoisotopic (exact) mass is 292 g/mol. The summed E-state index contributed by atoms with van der Waals surface area (Å²) >= 11 is 5.92. The smallest absolute Gasteiger partial charge is 0.121 e. The van der Waals surface area contributed by atoms with Gasteiger partial charge in [-0.25, -0.2) is 4.98 Å². The summed E-state index contributed by atoms with van der Waals surface area (Å²) in [6, 6.07) is 6.13. The highest BCUT2D eigenvalue weighted by Crippen LogP contribution is 2.31. The number of rotatable bonds is 6. The normalized spacial score (nSPS) is 15.5. The summed E-state index contributed by atoms with van der Waals surface area (Å²) in [6.07, 6.45) is 6.27. The lowest BCUT2D eigenvalue weighted by Crippen LogP contribution is -2.15. The van der Waals surface area contributed by atoms with E-state index in [-0.39, 0.29) is 0 Å². The molecule has 0 amide bonds. The molecule has 3 rings (SSSR count). The van der Waals surface area contributed by atoms with Crippen molar-refractivity contribution in [1.82, 2.24) is 9.55 Å². The van der Waals surface area contributed by atoms with Crippen molar-refractivity contribution < 1.29 is 4.74 Å². The highest BCUT2D eigenvalue weighted by molar-refractivity contribution is 6.17. The summed E-state index contributed by atoms with van der Waals surface area (Å²) in [5.74, 6) is 3.49. The molecule has 108 valence electrons. The third-order valence-electron chi connectivity index (χ3n) is 4.34. The largest absolute Gasteiger partial charge is 0.497 e. The number of hydrogen-bond acceptors (Lipinski definition) is 2. The molecule has 3 nitrogen and oxygen atoms in total. The molecular weight excluding hydrogens is 272 g/mol. The Bertz CT molecular complexity index is 589. The van der Waals surface area contributed by atoms with E-state index in [9.17, 15) is 0 Å². The molecule has 1 aromatic carbocycles. The number of fused-ring (bicyclic) bond motifs is 1. The molecule has 1 heterocycles. The molecule has 1 saturated carbocycles. The predicted octanol–water partition coefficient (Wildman–Crippen LogP) is 4.02. The van der Waals surface area contributed by atoms with Crippen molar-refractivity contribution >= 4 is 22.6 Å². The zero-order chi connectivity index (χ0) is 13.9. The van der Waals surface area contributed by atoms with Crippen molar-refractivity contribution in [3.63, 3.8) is 0 Å². The number of methoxy groups -OCH3 is 1. The fourth-order valence-electron chi connectivity index (χ4n) is 2.90. The third kappa shape index (κ3) is 2.64. The van der Waals surface area contributed by atoms with Crippen LogP contribution in [0.15, 0.2) is 18.2 Å². The standard InChI is InChI=1S/C16H21ClN2O/c1-20-13-5-6-15-14(11-13)18-16(7-9-17)19(15)10-8-12-3-2-4-12/h5-6,11-12H,2-4,7-10H2,1H3. The van der Waals surface area contributed by atoms with Crippen LogP contribution in [0.1, 0.15) is 31.5 Å². The maximum absolute atomic E-state index is 5.92. The van der Waals surface area contributed by atoms with E-state index in [0.29, 0.717) is 5.88 Å². The van der Waals surface area contributed by atoms with E-state index in [4.69, 9.17) is 21.3 Å². The van der Waals surface area contributed by atoms with E-state index in [1.165, 1.54) is 31.2 Å². The molecule has 0 unspecified atom stereocenters. The summed E-state index contributed by atoms with van der Waals surface area (Å²) in [5, 5.41) is 0. The van der Waals surface area contributed by atoms with Gasteiger partial charge in [0.25, 0.3) is 0 Å². The summed E-state index contributed by atoms with van der Waals surface area (Å²) < 4.78 is 7.62. The van der Waals surface area contributed by atoms with Gasteiger partial charge < -0.3 is 9.30 Å². The first-order valence-electron chi connectivity index (χ1n) is 7.41. The Morgan fingerprint density at radius 3 is 2.90 bits per heavy atom. The van der Waals surface area contributed by atoms with Gasteiger partial charge in [-0.2, -0.15) is 0 Å². The Labute approximate surface area is 124 Å². The van der Waals surface area contributed by atoms with Crippen molar-refractivity contribution in [2.45, 2.75) is 38.6 Å². The fourth-order valence-corrected chi connectivity index (χ4v) is 3.07. The molecule has 0 spiro atoms. The Kier molecular flexibility index (Phi) is 4.16. The van der Waals surface area contributed by atoms with Gasteiger partial charge in [0.1, 0.15) is 11.6 Å². The maximum Gasteiger partial charge on any atom is 0.121 e. The van der Waals surface area contributed by atoms with Crippen molar-refractivity contribution in [2.24, 2.45) is 5.92 Å². The molecule has 0 atom stereocenters. The van der Waals surface area contributed by atoms with E-state index in [1.54, 1.807) is 7.11 Å². The van der Waals surface area contributed by atoms with Gasteiger partial charge in [-0.05, 0) is 24.5 Å². The van der Waals surface area contributed by atoms with Gasteiger partial charge in [-0.1, -0.05) is 19.3 Å². The van der Waals surface area contributed by atoms with Crippen LogP contribution >= 0.6 is 11.6 Å². The molecule has 0 radical (unpaired) electrons. The number of halogens is 1. The minimum absolute atomic E-state index is 0.615. The summed E-state index contributed by atoms with van der Waals surface area (Å²) in [5.41, 5.74) is 2.21. The minimum Gasteiger partial charge on any atom is -0.497 e. The van der Waals surface area contributed by atoms with Crippen molar-refractivity contribution in [3.8, 4) is 5.75 Å². The first-order valence-corrected chi connectivity index (χ1v) is 7.94. The fraction of sp³-hybridized carbons (Fsp3) is 0.562. The average molecular weight is 293 g/mol. The topological polar surface area (TPSA) is 27.1 Å². The molecule has 1 aliphatic carbocycles. The molecule has 0 N–H and O–H groups in total. The molecule has 20 heavy (non-hydrogen) atoms. The zero-order valence-corrected chi connectivity index (χ0v) is 12.7. The zero-order valence-electron chi connectivity index (χ0n) is 11.9. The number of aromatic nitrogens is 2. The summed E-state index contributed by atoms with van der Waals surface area (Å²) in [6.45, 7) is 1.06.